The van der Waals surface area contributed by atoms with Gasteiger partial charge in [-0.2, -0.15) is 0 Å². The summed E-state index contributed by atoms with van der Waals surface area (Å²) >= 11 is 0. The molecule has 0 aromatic rings. The van der Waals surface area contributed by atoms with E-state index in [0.717, 1.165) is 26.1 Å². The van der Waals surface area contributed by atoms with Gasteiger partial charge < -0.3 is 5.32 Å². The highest BCUT2D eigenvalue weighted by Gasteiger charge is 2.19. The van der Waals surface area contributed by atoms with E-state index in [2.05, 4.69) is 17.1 Å². The Balaban J connectivity index is 0.00000225. The molecule has 1 saturated heterocycles. The number of hydrogen-bond acceptors (Lipinski definition) is 4. The summed E-state index contributed by atoms with van der Waals surface area (Å²) in [5.74, 6) is 0.638. The minimum absolute atomic E-state index is 0. The molecule has 16 heavy (non-hydrogen) atoms. The van der Waals surface area contributed by atoms with E-state index in [1.54, 1.807) is 0 Å². The van der Waals surface area contributed by atoms with Crippen LogP contribution >= 0.6 is 12.4 Å². The maximum atomic E-state index is 11.5. The summed E-state index contributed by atoms with van der Waals surface area (Å²) < 4.78 is 23.1. The number of rotatable bonds is 5. The van der Waals surface area contributed by atoms with Crippen molar-refractivity contribution >= 4 is 22.2 Å². The molecule has 1 unspecified atom stereocenters. The van der Waals surface area contributed by atoms with E-state index in [0.29, 0.717) is 24.1 Å². The second kappa shape index (κ2) is 7.48. The van der Waals surface area contributed by atoms with Crippen LogP contribution in [0, 0.1) is 0 Å². The van der Waals surface area contributed by atoms with E-state index in [9.17, 15) is 8.42 Å². The Kier molecular flexibility index (Phi) is 7.55. The first-order valence-electron chi connectivity index (χ1n) is 5.70. The fourth-order valence-electron chi connectivity index (χ4n) is 1.88. The molecular formula is C10H23ClN2O2S. The van der Waals surface area contributed by atoms with Crippen LogP contribution in [0.15, 0.2) is 0 Å². The topological polar surface area (TPSA) is 49.4 Å². The van der Waals surface area contributed by atoms with Gasteiger partial charge in [-0.3, -0.25) is 4.90 Å². The summed E-state index contributed by atoms with van der Waals surface area (Å²) in [5.41, 5.74) is 0. The summed E-state index contributed by atoms with van der Waals surface area (Å²) in [6.07, 6.45) is 0.722. The van der Waals surface area contributed by atoms with Crippen molar-refractivity contribution in [3.05, 3.63) is 0 Å². The van der Waals surface area contributed by atoms with Crippen molar-refractivity contribution in [2.75, 3.05) is 37.7 Å². The molecule has 0 aliphatic carbocycles. The maximum absolute atomic E-state index is 11.5. The number of sulfone groups is 1. The molecule has 0 amide bonds. The van der Waals surface area contributed by atoms with Crippen LogP contribution in [0.25, 0.3) is 0 Å². The molecule has 0 aromatic heterocycles. The quantitative estimate of drug-likeness (QED) is 0.792. The van der Waals surface area contributed by atoms with E-state index in [1.807, 2.05) is 6.92 Å². The molecule has 1 aliphatic heterocycles. The molecule has 6 heteroatoms. The largest absolute Gasteiger partial charge is 0.314 e. The predicted octanol–water partition coefficient (Wildman–Crippen LogP) is 0.527. The van der Waals surface area contributed by atoms with Gasteiger partial charge in [0.05, 0.1) is 5.75 Å². The van der Waals surface area contributed by atoms with E-state index < -0.39 is 9.84 Å². The summed E-state index contributed by atoms with van der Waals surface area (Å²) in [4.78, 5) is 2.25. The second-order valence-corrected chi connectivity index (χ2v) is 6.54. The molecule has 1 heterocycles. The molecule has 98 valence electrons. The molecule has 1 rings (SSSR count). The van der Waals surface area contributed by atoms with Crippen LogP contribution in [-0.4, -0.2) is 57.0 Å². The molecule has 1 aliphatic rings. The molecule has 0 bridgehead atoms. The van der Waals surface area contributed by atoms with Crippen LogP contribution in [0.2, 0.25) is 0 Å². The van der Waals surface area contributed by atoms with Crippen LogP contribution in [0.5, 0.6) is 0 Å². The Morgan fingerprint density at radius 3 is 2.62 bits per heavy atom. The highest BCUT2D eigenvalue weighted by molar-refractivity contribution is 7.91. The number of halogens is 1. The van der Waals surface area contributed by atoms with Crippen molar-refractivity contribution in [3.63, 3.8) is 0 Å². The van der Waals surface area contributed by atoms with Crippen molar-refractivity contribution in [2.45, 2.75) is 26.3 Å². The lowest BCUT2D eigenvalue weighted by molar-refractivity contribution is 0.184. The van der Waals surface area contributed by atoms with Gasteiger partial charge in [0.2, 0.25) is 0 Å². The fourth-order valence-corrected chi connectivity index (χ4v) is 3.22. The third-order valence-corrected chi connectivity index (χ3v) is 4.68. The Morgan fingerprint density at radius 2 is 2.06 bits per heavy atom. The average Bonchev–Trinajstić information content (AvgIpc) is 2.16. The maximum Gasteiger partial charge on any atom is 0.151 e. The lowest BCUT2D eigenvalue weighted by atomic mass is 10.2. The van der Waals surface area contributed by atoms with Gasteiger partial charge in [0, 0.05) is 38.0 Å². The van der Waals surface area contributed by atoms with Gasteiger partial charge in [-0.25, -0.2) is 8.42 Å². The SMILES string of the molecule is CCCS(=O)(=O)CCN1CCNCC1C.Cl. The zero-order chi connectivity index (χ0) is 11.3. The molecule has 1 N–H and O–H groups in total. The smallest absolute Gasteiger partial charge is 0.151 e. The standard InChI is InChI=1S/C10H22N2O2S.ClH/c1-3-7-15(13,14)8-6-12-5-4-11-9-10(12)2;/h10-11H,3-9H2,1-2H3;1H. The van der Waals surface area contributed by atoms with Gasteiger partial charge in [-0.05, 0) is 13.3 Å². The highest BCUT2D eigenvalue weighted by Crippen LogP contribution is 2.03. The van der Waals surface area contributed by atoms with Crippen molar-refractivity contribution in [3.8, 4) is 0 Å². The lowest BCUT2D eigenvalue weighted by Crippen LogP contribution is -2.51. The van der Waals surface area contributed by atoms with Crippen molar-refractivity contribution in [1.82, 2.24) is 10.2 Å². The third kappa shape index (κ3) is 5.48. The number of hydrogen-bond donors (Lipinski definition) is 1. The molecular weight excluding hydrogens is 248 g/mol. The lowest BCUT2D eigenvalue weighted by Gasteiger charge is -2.33. The summed E-state index contributed by atoms with van der Waals surface area (Å²) in [6, 6.07) is 0.454. The van der Waals surface area contributed by atoms with Gasteiger partial charge in [-0.1, -0.05) is 6.92 Å². The van der Waals surface area contributed by atoms with Crippen LogP contribution in [0.3, 0.4) is 0 Å². The zero-order valence-electron chi connectivity index (χ0n) is 10.1. The van der Waals surface area contributed by atoms with Crippen LogP contribution in [0.1, 0.15) is 20.3 Å². The van der Waals surface area contributed by atoms with Gasteiger partial charge in [-0.15, -0.1) is 12.4 Å². The Morgan fingerprint density at radius 1 is 1.38 bits per heavy atom. The minimum atomic E-state index is -2.82. The van der Waals surface area contributed by atoms with E-state index in [1.165, 1.54) is 0 Å². The summed E-state index contributed by atoms with van der Waals surface area (Å²) in [6.45, 7) is 7.63. The van der Waals surface area contributed by atoms with Gasteiger partial charge in [0.1, 0.15) is 0 Å². The Bertz CT molecular complexity index is 283. The molecule has 0 aromatic carbocycles. The molecule has 1 fully saturated rings. The fraction of sp³-hybridized carbons (Fsp3) is 1.00. The first-order valence-corrected chi connectivity index (χ1v) is 7.52. The van der Waals surface area contributed by atoms with E-state index in [4.69, 9.17) is 0 Å². The van der Waals surface area contributed by atoms with Crippen molar-refractivity contribution < 1.29 is 8.42 Å². The first-order chi connectivity index (χ1) is 7.05. The van der Waals surface area contributed by atoms with Crippen LogP contribution < -0.4 is 5.32 Å². The Labute approximate surface area is 105 Å². The monoisotopic (exact) mass is 270 g/mol. The Hall–Kier alpha value is 0.160. The van der Waals surface area contributed by atoms with Crippen molar-refractivity contribution in [1.29, 1.82) is 0 Å². The first kappa shape index (κ1) is 16.2. The molecule has 4 nitrogen and oxygen atoms in total. The normalized spacial score (nSPS) is 22.8. The highest BCUT2D eigenvalue weighted by atomic mass is 35.5. The zero-order valence-corrected chi connectivity index (χ0v) is 11.7. The average molecular weight is 271 g/mol. The van der Waals surface area contributed by atoms with E-state index in [-0.39, 0.29) is 12.4 Å². The number of nitrogens with zero attached hydrogens (tertiary/aromatic N) is 1. The molecule has 0 radical (unpaired) electrons. The third-order valence-electron chi connectivity index (χ3n) is 2.84. The summed E-state index contributed by atoms with van der Waals surface area (Å²) in [5, 5.41) is 3.30. The molecule has 0 spiro atoms. The van der Waals surface area contributed by atoms with E-state index >= 15 is 0 Å². The van der Waals surface area contributed by atoms with Crippen LogP contribution in [-0.2, 0) is 9.84 Å². The van der Waals surface area contributed by atoms with Crippen molar-refractivity contribution in [2.24, 2.45) is 0 Å². The van der Waals surface area contributed by atoms with Gasteiger partial charge in [0.25, 0.3) is 0 Å². The van der Waals surface area contributed by atoms with Gasteiger partial charge in [0.15, 0.2) is 9.84 Å². The molecule has 1 atom stereocenters. The summed E-state index contributed by atoms with van der Waals surface area (Å²) in [7, 11) is -2.82. The minimum Gasteiger partial charge on any atom is -0.314 e. The van der Waals surface area contributed by atoms with Gasteiger partial charge >= 0.3 is 0 Å². The molecule has 0 saturated carbocycles. The number of nitrogens with one attached hydrogen (secondary N) is 1. The second-order valence-electron chi connectivity index (χ2n) is 4.24. The number of piperazine rings is 1. The predicted molar refractivity (Wildman–Crippen MR) is 70.1 cm³/mol. The van der Waals surface area contributed by atoms with Crippen LogP contribution in [0.4, 0.5) is 0 Å².